The molecule has 0 aliphatic rings. The number of allylic oxidation sites excluding steroid dienone is 2. The van der Waals surface area contributed by atoms with E-state index in [1.807, 2.05) is 24.3 Å². The van der Waals surface area contributed by atoms with E-state index in [0.717, 1.165) is 24.2 Å². The SMILES string of the molecule is COc1ccc(C=CCOC(C)(C)CCC=C(C)C)cc1. The molecular formula is C19H28O2. The van der Waals surface area contributed by atoms with E-state index >= 15 is 0 Å². The van der Waals surface area contributed by atoms with E-state index < -0.39 is 0 Å². The van der Waals surface area contributed by atoms with Crippen LogP contribution in [0.2, 0.25) is 0 Å². The van der Waals surface area contributed by atoms with Gasteiger partial charge in [0.25, 0.3) is 0 Å². The maximum Gasteiger partial charge on any atom is 0.118 e. The van der Waals surface area contributed by atoms with Crippen LogP contribution in [-0.2, 0) is 4.74 Å². The van der Waals surface area contributed by atoms with Gasteiger partial charge in [0, 0.05) is 0 Å². The Balaban J connectivity index is 2.36. The van der Waals surface area contributed by atoms with Gasteiger partial charge in [-0.2, -0.15) is 0 Å². The Bertz CT molecular complexity index is 463. The molecule has 0 N–H and O–H groups in total. The fourth-order valence-corrected chi connectivity index (χ4v) is 1.95. The lowest BCUT2D eigenvalue weighted by molar-refractivity contribution is -0.00624. The molecule has 0 unspecified atom stereocenters. The third-order valence-corrected chi connectivity index (χ3v) is 3.30. The van der Waals surface area contributed by atoms with Gasteiger partial charge in [-0.15, -0.1) is 0 Å². The van der Waals surface area contributed by atoms with Crippen LogP contribution >= 0.6 is 0 Å². The summed E-state index contributed by atoms with van der Waals surface area (Å²) in [4.78, 5) is 0. The van der Waals surface area contributed by atoms with Crippen molar-refractivity contribution in [1.29, 1.82) is 0 Å². The average molecular weight is 288 g/mol. The predicted molar refractivity (Wildman–Crippen MR) is 90.7 cm³/mol. The zero-order valence-corrected chi connectivity index (χ0v) is 14.0. The number of methoxy groups -OCH3 is 1. The van der Waals surface area contributed by atoms with Crippen molar-refractivity contribution in [2.45, 2.75) is 46.1 Å². The van der Waals surface area contributed by atoms with Gasteiger partial charge < -0.3 is 9.47 Å². The van der Waals surface area contributed by atoms with Crippen molar-refractivity contribution in [2.24, 2.45) is 0 Å². The van der Waals surface area contributed by atoms with Gasteiger partial charge >= 0.3 is 0 Å². The topological polar surface area (TPSA) is 18.5 Å². The number of ether oxygens (including phenoxy) is 2. The molecule has 1 rings (SSSR count). The first kappa shape index (κ1) is 17.5. The minimum atomic E-state index is -0.0871. The fourth-order valence-electron chi connectivity index (χ4n) is 1.95. The molecule has 0 atom stereocenters. The molecule has 2 heteroatoms. The zero-order chi connectivity index (χ0) is 15.7. The molecule has 0 aromatic heterocycles. The van der Waals surface area contributed by atoms with E-state index in [1.54, 1.807) is 7.11 Å². The van der Waals surface area contributed by atoms with Crippen LogP contribution in [0.25, 0.3) is 6.08 Å². The van der Waals surface area contributed by atoms with Gasteiger partial charge in [0.2, 0.25) is 0 Å². The van der Waals surface area contributed by atoms with Gasteiger partial charge in [-0.3, -0.25) is 0 Å². The van der Waals surface area contributed by atoms with Crippen LogP contribution in [0.5, 0.6) is 5.75 Å². The molecule has 0 saturated carbocycles. The van der Waals surface area contributed by atoms with Gasteiger partial charge in [0.15, 0.2) is 0 Å². The van der Waals surface area contributed by atoms with Crippen LogP contribution in [0, 0.1) is 0 Å². The summed E-state index contributed by atoms with van der Waals surface area (Å²) in [6.07, 6.45) is 8.50. The molecule has 21 heavy (non-hydrogen) atoms. The molecule has 0 spiro atoms. The second-order valence-corrected chi connectivity index (χ2v) is 6.07. The molecule has 116 valence electrons. The second-order valence-electron chi connectivity index (χ2n) is 6.07. The number of rotatable bonds is 8. The van der Waals surface area contributed by atoms with Crippen molar-refractivity contribution in [3.8, 4) is 5.75 Å². The third-order valence-electron chi connectivity index (χ3n) is 3.30. The summed E-state index contributed by atoms with van der Waals surface area (Å²) in [5.74, 6) is 0.879. The molecule has 1 aromatic carbocycles. The van der Waals surface area contributed by atoms with Gasteiger partial charge in [-0.1, -0.05) is 35.9 Å². The molecule has 1 aromatic rings. The molecule has 2 nitrogen and oxygen atoms in total. The number of benzene rings is 1. The molecule has 0 amide bonds. The summed E-state index contributed by atoms with van der Waals surface area (Å²) in [5.41, 5.74) is 2.43. The summed E-state index contributed by atoms with van der Waals surface area (Å²) in [6, 6.07) is 8.00. The van der Waals surface area contributed by atoms with Gasteiger partial charge in [0.05, 0.1) is 19.3 Å². The lowest BCUT2D eigenvalue weighted by Crippen LogP contribution is -2.24. The van der Waals surface area contributed by atoms with E-state index in [0.29, 0.717) is 6.61 Å². The molecule has 0 heterocycles. The van der Waals surface area contributed by atoms with Gasteiger partial charge in [-0.25, -0.2) is 0 Å². The normalized spacial score (nSPS) is 11.7. The molecule has 0 bridgehead atoms. The Hall–Kier alpha value is -1.54. The Morgan fingerprint density at radius 2 is 1.81 bits per heavy atom. The standard InChI is InChI=1S/C19H28O2/c1-16(2)8-6-14-19(3,4)21-15-7-9-17-10-12-18(20-5)13-11-17/h7-13H,6,14-15H2,1-5H3. The van der Waals surface area contributed by atoms with Crippen molar-refractivity contribution in [1.82, 2.24) is 0 Å². The van der Waals surface area contributed by atoms with Crippen molar-refractivity contribution < 1.29 is 9.47 Å². The average Bonchev–Trinajstić information content (AvgIpc) is 2.43. The Kier molecular flexibility index (Phi) is 7.24. The highest BCUT2D eigenvalue weighted by atomic mass is 16.5. The summed E-state index contributed by atoms with van der Waals surface area (Å²) < 4.78 is 11.1. The first-order valence-electron chi connectivity index (χ1n) is 7.51. The molecule has 0 fully saturated rings. The van der Waals surface area contributed by atoms with E-state index in [9.17, 15) is 0 Å². The lowest BCUT2D eigenvalue weighted by atomic mass is 10.0. The van der Waals surface area contributed by atoms with E-state index in [4.69, 9.17) is 9.47 Å². The summed E-state index contributed by atoms with van der Waals surface area (Å²) in [5, 5.41) is 0. The van der Waals surface area contributed by atoms with Crippen LogP contribution in [0.3, 0.4) is 0 Å². The van der Waals surface area contributed by atoms with Crippen molar-refractivity contribution >= 4 is 6.08 Å². The molecule has 0 radical (unpaired) electrons. The smallest absolute Gasteiger partial charge is 0.118 e. The first-order valence-corrected chi connectivity index (χ1v) is 7.51. The van der Waals surface area contributed by atoms with Crippen LogP contribution < -0.4 is 4.74 Å². The summed E-state index contributed by atoms with van der Waals surface area (Å²) in [7, 11) is 1.68. The lowest BCUT2D eigenvalue weighted by Gasteiger charge is -2.24. The minimum absolute atomic E-state index is 0.0871. The van der Waals surface area contributed by atoms with Crippen LogP contribution in [0.1, 0.15) is 46.1 Å². The highest BCUT2D eigenvalue weighted by Crippen LogP contribution is 2.18. The molecule has 0 aliphatic carbocycles. The van der Waals surface area contributed by atoms with Crippen LogP contribution in [0.15, 0.2) is 42.0 Å². The quantitative estimate of drug-likeness (QED) is 0.608. The summed E-state index contributed by atoms with van der Waals surface area (Å²) >= 11 is 0. The van der Waals surface area contributed by atoms with Crippen LogP contribution in [0.4, 0.5) is 0 Å². The van der Waals surface area contributed by atoms with E-state index in [1.165, 1.54) is 5.57 Å². The maximum atomic E-state index is 5.94. The van der Waals surface area contributed by atoms with Crippen LogP contribution in [-0.4, -0.2) is 19.3 Å². The zero-order valence-electron chi connectivity index (χ0n) is 14.0. The molecular weight excluding hydrogens is 260 g/mol. The Morgan fingerprint density at radius 1 is 1.14 bits per heavy atom. The molecule has 0 saturated heterocycles. The number of hydrogen-bond acceptors (Lipinski definition) is 2. The maximum absolute atomic E-state index is 5.94. The Labute approximate surface area is 129 Å². The van der Waals surface area contributed by atoms with Gasteiger partial charge in [0.1, 0.15) is 5.75 Å². The largest absolute Gasteiger partial charge is 0.497 e. The second kappa shape index (κ2) is 8.68. The van der Waals surface area contributed by atoms with Crippen molar-refractivity contribution in [2.75, 3.05) is 13.7 Å². The highest BCUT2D eigenvalue weighted by molar-refractivity contribution is 5.50. The summed E-state index contributed by atoms with van der Waals surface area (Å²) in [6.45, 7) is 9.19. The number of hydrogen-bond donors (Lipinski definition) is 0. The van der Waals surface area contributed by atoms with E-state index in [-0.39, 0.29) is 5.60 Å². The molecule has 0 aliphatic heterocycles. The fraction of sp³-hybridized carbons (Fsp3) is 0.474. The highest BCUT2D eigenvalue weighted by Gasteiger charge is 2.16. The van der Waals surface area contributed by atoms with Gasteiger partial charge in [-0.05, 0) is 58.2 Å². The third kappa shape index (κ3) is 7.72. The van der Waals surface area contributed by atoms with Crippen molar-refractivity contribution in [3.05, 3.63) is 47.6 Å². The Morgan fingerprint density at radius 3 is 2.38 bits per heavy atom. The first-order chi connectivity index (χ1) is 9.93. The van der Waals surface area contributed by atoms with E-state index in [2.05, 4.69) is 45.9 Å². The minimum Gasteiger partial charge on any atom is -0.497 e. The predicted octanol–water partition coefficient (Wildman–Crippen LogP) is 5.25. The van der Waals surface area contributed by atoms with Crippen molar-refractivity contribution in [3.63, 3.8) is 0 Å². The monoisotopic (exact) mass is 288 g/mol.